The van der Waals surface area contributed by atoms with Crippen molar-refractivity contribution in [3.63, 3.8) is 0 Å². The van der Waals surface area contributed by atoms with Crippen molar-refractivity contribution < 1.29 is 28.9 Å². The molecule has 0 saturated heterocycles. The number of methoxy groups -OCH3 is 1. The Morgan fingerprint density at radius 1 is 1.14 bits per heavy atom. The fraction of sp³-hybridized carbons (Fsp3) is 0.562. The van der Waals surface area contributed by atoms with E-state index in [0.717, 1.165) is 24.9 Å². The predicted molar refractivity (Wildman–Crippen MR) is 166 cm³/mol. The van der Waals surface area contributed by atoms with Crippen LogP contribution in [0.25, 0.3) is 0 Å². The minimum Gasteiger partial charge on any atom is -0.497 e. The molecule has 1 aliphatic heterocycles. The Balaban J connectivity index is 1.86. The highest BCUT2D eigenvalue weighted by atomic mass is 16.5. The molecule has 0 saturated carbocycles. The lowest BCUT2D eigenvalue weighted by Gasteiger charge is -2.36. The first-order chi connectivity index (χ1) is 20.0. The first-order valence-electron chi connectivity index (χ1n) is 14.7. The van der Waals surface area contributed by atoms with E-state index in [1.807, 2.05) is 58.0 Å². The molecule has 1 heterocycles. The number of fused-ring (bicyclic) bond motifs is 1. The lowest BCUT2D eigenvalue weighted by Crippen LogP contribution is -2.48. The fourth-order valence-corrected chi connectivity index (χ4v) is 4.90. The number of aliphatic hydroxyl groups excluding tert-OH is 1. The lowest BCUT2D eigenvalue weighted by molar-refractivity contribution is -0.0115. The molecule has 2 aromatic rings. The minimum atomic E-state index is -0.433. The van der Waals surface area contributed by atoms with Gasteiger partial charge in [0, 0.05) is 58.1 Å². The van der Waals surface area contributed by atoms with Crippen LogP contribution in [-0.2, 0) is 4.74 Å². The van der Waals surface area contributed by atoms with Gasteiger partial charge >= 0.3 is 6.03 Å². The topological polar surface area (TPSA) is 104 Å². The number of nitrogens with one attached hydrogen (secondary N) is 1. The van der Waals surface area contributed by atoms with E-state index >= 15 is 0 Å². The molecule has 0 aromatic heterocycles. The molecule has 0 bridgehead atoms. The van der Waals surface area contributed by atoms with Crippen molar-refractivity contribution in [2.75, 3.05) is 64.8 Å². The molecule has 10 nitrogen and oxygen atoms in total. The summed E-state index contributed by atoms with van der Waals surface area (Å²) in [6.45, 7) is 6.87. The number of carbonyl (C=O) groups is 2. The molecule has 3 rings (SSSR count). The van der Waals surface area contributed by atoms with E-state index in [-0.39, 0.29) is 36.7 Å². The summed E-state index contributed by atoms with van der Waals surface area (Å²) in [6, 6.07) is 12.1. The van der Waals surface area contributed by atoms with Crippen LogP contribution in [0.15, 0.2) is 42.5 Å². The Morgan fingerprint density at radius 2 is 1.86 bits per heavy atom. The van der Waals surface area contributed by atoms with Crippen molar-refractivity contribution in [1.82, 2.24) is 9.80 Å². The van der Waals surface area contributed by atoms with E-state index in [1.54, 1.807) is 48.2 Å². The van der Waals surface area contributed by atoms with E-state index in [1.165, 1.54) is 0 Å². The Hall–Kier alpha value is -3.50. The van der Waals surface area contributed by atoms with Crippen molar-refractivity contribution in [1.29, 1.82) is 0 Å². The van der Waals surface area contributed by atoms with Crippen molar-refractivity contribution in [3.05, 3.63) is 48.0 Å². The summed E-state index contributed by atoms with van der Waals surface area (Å²) in [5.41, 5.74) is 2.01. The van der Waals surface area contributed by atoms with Gasteiger partial charge in [-0.05, 0) is 75.6 Å². The van der Waals surface area contributed by atoms with Gasteiger partial charge in [-0.2, -0.15) is 0 Å². The Labute approximate surface area is 250 Å². The molecule has 3 amide bonds. The fourth-order valence-electron chi connectivity index (χ4n) is 4.90. The number of hydrogen-bond donors (Lipinski definition) is 2. The summed E-state index contributed by atoms with van der Waals surface area (Å²) in [5.74, 6) is 0.903. The highest BCUT2D eigenvalue weighted by Crippen LogP contribution is 2.29. The average molecular weight is 585 g/mol. The van der Waals surface area contributed by atoms with Gasteiger partial charge in [0.2, 0.25) is 0 Å². The molecule has 4 atom stereocenters. The van der Waals surface area contributed by atoms with Crippen molar-refractivity contribution in [2.24, 2.45) is 5.92 Å². The molecule has 42 heavy (non-hydrogen) atoms. The number of rotatable bonds is 7. The monoisotopic (exact) mass is 584 g/mol. The van der Waals surface area contributed by atoms with Crippen LogP contribution < -0.4 is 19.7 Å². The number of amides is 3. The van der Waals surface area contributed by atoms with Crippen molar-refractivity contribution in [3.8, 4) is 11.5 Å². The summed E-state index contributed by atoms with van der Waals surface area (Å²) in [4.78, 5) is 32.4. The SMILES string of the molecule is COc1ccc(NC(=O)N(C)C[C@@H]2OCCCC[C@H](C)Oc3ccc(N(C)C)cc3C(=O)N([C@@H](C)CO)C[C@@H]2C)cc1. The second-order valence-electron chi connectivity index (χ2n) is 11.4. The zero-order chi connectivity index (χ0) is 30.8. The van der Waals surface area contributed by atoms with Crippen LogP contribution in [0.4, 0.5) is 16.2 Å². The average Bonchev–Trinajstić information content (AvgIpc) is 2.98. The summed E-state index contributed by atoms with van der Waals surface area (Å²) in [5, 5.41) is 13.0. The van der Waals surface area contributed by atoms with Gasteiger partial charge in [0.15, 0.2) is 0 Å². The second-order valence-corrected chi connectivity index (χ2v) is 11.4. The number of hydrogen-bond acceptors (Lipinski definition) is 7. The molecule has 232 valence electrons. The van der Waals surface area contributed by atoms with E-state index in [2.05, 4.69) is 5.32 Å². The minimum absolute atomic E-state index is 0.0871. The quantitative estimate of drug-likeness (QED) is 0.485. The maximum atomic E-state index is 14.1. The zero-order valence-electron chi connectivity index (χ0n) is 26.1. The summed E-state index contributed by atoms with van der Waals surface area (Å²) >= 11 is 0. The van der Waals surface area contributed by atoms with Crippen LogP contribution in [0, 0.1) is 5.92 Å². The Kier molecular flexibility index (Phi) is 12.3. The highest BCUT2D eigenvalue weighted by Gasteiger charge is 2.31. The van der Waals surface area contributed by atoms with Crippen LogP contribution in [0.5, 0.6) is 11.5 Å². The standard InChI is InChI=1S/C32H48N4O6/c1-22-19-36(23(2)21-37)31(38)28-18-26(34(4)5)13-16-29(28)42-24(3)10-8-9-17-41-30(22)20-35(6)32(39)33-25-11-14-27(40-7)15-12-25/h11-16,18,22-24,30,37H,8-10,17,19-21H2,1-7H3,(H,33,39)/t22-,23-,24-,30-/m0/s1. The Bertz CT molecular complexity index is 1160. The van der Waals surface area contributed by atoms with Gasteiger partial charge in [0.25, 0.3) is 5.91 Å². The molecule has 2 aromatic carbocycles. The van der Waals surface area contributed by atoms with Crippen LogP contribution in [0.2, 0.25) is 0 Å². The molecule has 10 heteroatoms. The van der Waals surface area contributed by atoms with Gasteiger partial charge in [-0.1, -0.05) is 6.92 Å². The molecule has 0 radical (unpaired) electrons. The van der Waals surface area contributed by atoms with Crippen molar-refractivity contribution in [2.45, 2.75) is 58.3 Å². The number of likely N-dealkylation sites (N-methyl/N-ethyl adjacent to an activating group) is 1. The first-order valence-corrected chi connectivity index (χ1v) is 14.7. The smallest absolute Gasteiger partial charge is 0.321 e. The number of anilines is 2. The summed E-state index contributed by atoms with van der Waals surface area (Å²) in [6.07, 6.45) is 2.15. The summed E-state index contributed by atoms with van der Waals surface area (Å²) < 4.78 is 17.8. The third-order valence-corrected chi connectivity index (χ3v) is 7.69. The molecule has 0 aliphatic carbocycles. The highest BCUT2D eigenvalue weighted by molar-refractivity contribution is 5.98. The van der Waals surface area contributed by atoms with Gasteiger partial charge in [0.1, 0.15) is 11.5 Å². The normalized spacial score (nSPS) is 20.9. The molecular weight excluding hydrogens is 536 g/mol. The number of nitrogens with zero attached hydrogens (tertiary/aromatic N) is 3. The van der Waals surface area contributed by atoms with E-state index in [9.17, 15) is 14.7 Å². The van der Waals surface area contributed by atoms with Gasteiger partial charge in [-0.3, -0.25) is 4.79 Å². The van der Waals surface area contributed by atoms with Gasteiger partial charge in [-0.25, -0.2) is 4.79 Å². The van der Waals surface area contributed by atoms with E-state index in [4.69, 9.17) is 14.2 Å². The number of urea groups is 1. The molecule has 0 unspecified atom stereocenters. The molecule has 0 fully saturated rings. The molecular formula is C32H48N4O6. The molecule has 0 spiro atoms. The lowest BCUT2D eigenvalue weighted by atomic mass is 10.0. The van der Waals surface area contributed by atoms with Crippen molar-refractivity contribution >= 4 is 23.3 Å². The summed E-state index contributed by atoms with van der Waals surface area (Å²) in [7, 11) is 7.19. The van der Waals surface area contributed by atoms with E-state index in [0.29, 0.717) is 42.4 Å². The Morgan fingerprint density at radius 3 is 2.50 bits per heavy atom. The maximum Gasteiger partial charge on any atom is 0.321 e. The number of benzene rings is 2. The van der Waals surface area contributed by atoms with Crippen LogP contribution >= 0.6 is 0 Å². The third-order valence-electron chi connectivity index (χ3n) is 7.69. The molecule has 2 N–H and O–H groups in total. The maximum absolute atomic E-state index is 14.1. The predicted octanol–water partition coefficient (Wildman–Crippen LogP) is 4.72. The van der Waals surface area contributed by atoms with Gasteiger partial charge in [0.05, 0.1) is 37.5 Å². The number of carbonyl (C=O) groups excluding carboxylic acids is 2. The number of aliphatic hydroxyl groups is 1. The number of ether oxygens (including phenoxy) is 3. The van der Waals surface area contributed by atoms with E-state index < -0.39 is 6.04 Å². The van der Waals surface area contributed by atoms with Crippen LogP contribution in [0.1, 0.15) is 50.4 Å². The zero-order valence-corrected chi connectivity index (χ0v) is 26.1. The van der Waals surface area contributed by atoms with Crippen LogP contribution in [-0.4, -0.2) is 99.7 Å². The largest absolute Gasteiger partial charge is 0.497 e. The third kappa shape index (κ3) is 9.00. The first kappa shape index (κ1) is 33.0. The molecule has 1 aliphatic rings. The van der Waals surface area contributed by atoms with Gasteiger partial charge < -0.3 is 39.3 Å². The van der Waals surface area contributed by atoms with Gasteiger partial charge in [-0.15, -0.1) is 0 Å². The second kappa shape index (κ2) is 15.7. The van der Waals surface area contributed by atoms with Crippen LogP contribution in [0.3, 0.4) is 0 Å².